The monoisotopic (exact) mass is 337 g/mol. The third-order valence-electron chi connectivity index (χ3n) is 5.69. The lowest BCUT2D eigenvalue weighted by Gasteiger charge is -2.31. The summed E-state index contributed by atoms with van der Waals surface area (Å²) in [6.07, 6.45) is 7.59. The number of H-pyrrole nitrogens is 1. The van der Waals surface area contributed by atoms with Gasteiger partial charge in [-0.3, -0.25) is 9.78 Å². The first kappa shape index (κ1) is 14.9. The first-order chi connectivity index (χ1) is 12.2. The molecule has 0 saturated heterocycles. The van der Waals surface area contributed by atoms with Crippen LogP contribution in [0.15, 0.2) is 6.20 Å². The van der Waals surface area contributed by atoms with E-state index >= 15 is 0 Å². The molecule has 5 rings (SSSR count). The molecule has 7 nitrogen and oxygen atoms in total. The van der Waals surface area contributed by atoms with Crippen molar-refractivity contribution in [2.45, 2.75) is 51.5 Å². The number of anilines is 1. The molecule has 0 unspecified atom stereocenters. The van der Waals surface area contributed by atoms with Crippen LogP contribution in [0.1, 0.15) is 54.9 Å². The van der Waals surface area contributed by atoms with Crippen LogP contribution in [0.2, 0.25) is 0 Å². The molecule has 25 heavy (non-hydrogen) atoms. The number of nitrogens with zero attached hydrogens (tertiary/aromatic N) is 6. The van der Waals surface area contributed by atoms with Crippen LogP contribution in [-0.2, 0) is 26.4 Å². The molecule has 0 aromatic carbocycles. The number of aryl methyl sites for hydroxylation is 2. The van der Waals surface area contributed by atoms with Gasteiger partial charge in [0.2, 0.25) is 0 Å². The van der Waals surface area contributed by atoms with Gasteiger partial charge < -0.3 is 4.90 Å². The van der Waals surface area contributed by atoms with Crippen molar-refractivity contribution in [3.05, 3.63) is 29.0 Å². The molecular weight excluding hydrogens is 314 g/mol. The lowest BCUT2D eigenvalue weighted by Crippen LogP contribution is -2.32. The maximum Gasteiger partial charge on any atom is 0.163 e. The highest BCUT2D eigenvalue weighted by molar-refractivity contribution is 5.87. The number of nitrogens with one attached hydrogen (secondary N) is 1. The molecular formula is C18H23N7. The fourth-order valence-corrected chi connectivity index (χ4v) is 3.97. The Morgan fingerprint density at radius 2 is 2.16 bits per heavy atom. The molecule has 0 radical (unpaired) electrons. The molecule has 0 amide bonds. The second-order valence-electron chi connectivity index (χ2n) is 7.19. The van der Waals surface area contributed by atoms with Crippen molar-refractivity contribution in [3.8, 4) is 0 Å². The average Bonchev–Trinajstić information content (AvgIpc) is 3.17. The molecule has 3 aromatic rings. The summed E-state index contributed by atoms with van der Waals surface area (Å²) >= 11 is 0. The zero-order valence-electron chi connectivity index (χ0n) is 14.8. The van der Waals surface area contributed by atoms with Gasteiger partial charge in [0.25, 0.3) is 0 Å². The fourth-order valence-electron chi connectivity index (χ4n) is 3.97. The largest absolute Gasteiger partial charge is 0.351 e. The van der Waals surface area contributed by atoms with Gasteiger partial charge in [-0.2, -0.15) is 10.2 Å². The van der Waals surface area contributed by atoms with Gasteiger partial charge in [0.05, 0.1) is 17.3 Å². The van der Waals surface area contributed by atoms with Crippen molar-refractivity contribution < 1.29 is 0 Å². The zero-order valence-corrected chi connectivity index (χ0v) is 14.8. The topological polar surface area (TPSA) is 75.5 Å². The van der Waals surface area contributed by atoms with Gasteiger partial charge in [-0.1, -0.05) is 13.3 Å². The molecule has 0 spiro atoms. The average molecular weight is 337 g/mol. The van der Waals surface area contributed by atoms with E-state index in [0.29, 0.717) is 5.92 Å². The van der Waals surface area contributed by atoms with Crippen molar-refractivity contribution >= 4 is 16.9 Å². The maximum absolute atomic E-state index is 4.85. The highest BCUT2D eigenvalue weighted by Crippen LogP contribution is 2.39. The summed E-state index contributed by atoms with van der Waals surface area (Å²) in [5, 5.41) is 13.4. The molecule has 0 bridgehead atoms. The van der Waals surface area contributed by atoms with E-state index in [1.807, 2.05) is 17.9 Å². The molecule has 1 N–H and O–H groups in total. The van der Waals surface area contributed by atoms with Crippen LogP contribution in [0.4, 0.5) is 5.82 Å². The van der Waals surface area contributed by atoms with Crippen LogP contribution >= 0.6 is 0 Å². The van der Waals surface area contributed by atoms with Gasteiger partial charge in [-0.25, -0.2) is 9.97 Å². The van der Waals surface area contributed by atoms with E-state index in [9.17, 15) is 0 Å². The molecule has 130 valence electrons. The van der Waals surface area contributed by atoms with Gasteiger partial charge in [-0.15, -0.1) is 0 Å². The van der Waals surface area contributed by atoms with Crippen LogP contribution < -0.4 is 4.90 Å². The van der Waals surface area contributed by atoms with Crippen molar-refractivity contribution in [1.82, 2.24) is 29.9 Å². The summed E-state index contributed by atoms with van der Waals surface area (Å²) in [5.74, 6) is 2.54. The Hall–Kier alpha value is -2.44. The Morgan fingerprint density at radius 3 is 2.92 bits per heavy atom. The Bertz CT molecular complexity index is 934. The molecule has 2 aliphatic rings. The quantitative estimate of drug-likeness (QED) is 0.794. The minimum atomic E-state index is 0.648. The molecule has 1 fully saturated rings. The summed E-state index contributed by atoms with van der Waals surface area (Å²) in [7, 11) is 1.94. The summed E-state index contributed by atoms with van der Waals surface area (Å²) < 4.78 is 1.84. The first-order valence-electron chi connectivity index (χ1n) is 9.24. The second-order valence-corrected chi connectivity index (χ2v) is 7.19. The highest BCUT2D eigenvalue weighted by atomic mass is 15.3. The molecule has 1 aliphatic carbocycles. The van der Waals surface area contributed by atoms with Gasteiger partial charge in [0.1, 0.15) is 11.6 Å². The Labute approximate surface area is 146 Å². The summed E-state index contributed by atoms with van der Waals surface area (Å²) in [6, 6.07) is 0. The summed E-state index contributed by atoms with van der Waals surface area (Å²) in [6.45, 7) is 3.92. The van der Waals surface area contributed by atoms with Crippen molar-refractivity contribution in [2.75, 3.05) is 11.4 Å². The van der Waals surface area contributed by atoms with E-state index in [4.69, 9.17) is 4.98 Å². The van der Waals surface area contributed by atoms with E-state index < -0.39 is 0 Å². The lowest BCUT2D eigenvalue weighted by atomic mass is 9.81. The normalized spacial score (nSPS) is 17.8. The van der Waals surface area contributed by atoms with Gasteiger partial charge >= 0.3 is 0 Å². The smallest absolute Gasteiger partial charge is 0.163 e. The van der Waals surface area contributed by atoms with E-state index in [2.05, 4.69) is 32.1 Å². The second kappa shape index (κ2) is 5.54. The van der Waals surface area contributed by atoms with Gasteiger partial charge in [-0.05, 0) is 12.8 Å². The molecule has 4 heterocycles. The summed E-state index contributed by atoms with van der Waals surface area (Å²) in [5.41, 5.74) is 4.91. The zero-order chi connectivity index (χ0) is 17.0. The van der Waals surface area contributed by atoms with Crippen LogP contribution in [-0.4, -0.2) is 36.5 Å². The number of fused-ring (bicyclic) bond motifs is 2. The van der Waals surface area contributed by atoms with Crippen molar-refractivity contribution in [2.24, 2.45) is 7.05 Å². The van der Waals surface area contributed by atoms with E-state index in [1.165, 1.54) is 36.2 Å². The number of aromatic amines is 1. The van der Waals surface area contributed by atoms with E-state index in [0.717, 1.165) is 48.6 Å². The summed E-state index contributed by atoms with van der Waals surface area (Å²) in [4.78, 5) is 11.9. The lowest BCUT2D eigenvalue weighted by molar-refractivity contribution is 0.408. The highest BCUT2D eigenvalue weighted by Gasteiger charge is 2.30. The Morgan fingerprint density at radius 1 is 1.28 bits per heavy atom. The SMILES string of the molecule is CCc1nc(N2CCc3[nH]nc(C4CCC4)c3C2)c2cnn(C)c2n1. The van der Waals surface area contributed by atoms with E-state index in [1.54, 1.807) is 0 Å². The predicted octanol–water partition coefficient (Wildman–Crippen LogP) is 2.48. The Balaban J connectivity index is 1.56. The standard InChI is InChI=1S/C18H23N7/c1-3-15-20-17-12(9-19-24(17)2)18(21-15)25-8-7-14-13(10-25)16(23-22-14)11-5-4-6-11/h9,11H,3-8,10H2,1-2H3,(H,22,23). The minimum absolute atomic E-state index is 0.648. The Kier molecular flexibility index (Phi) is 3.29. The van der Waals surface area contributed by atoms with Crippen LogP contribution in [0.5, 0.6) is 0 Å². The third kappa shape index (κ3) is 2.25. The predicted molar refractivity (Wildman–Crippen MR) is 95.6 cm³/mol. The third-order valence-corrected chi connectivity index (χ3v) is 5.69. The number of rotatable bonds is 3. The van der Waals surface area contributed by atoms with Crippen LogP contribution in [0.25, 0.3) is 11.0 Å². The van der Waals surface area contributed by atoms with Gasteiger partial charge in [0, 0.05) is 50.2 Å². The maximum atomic E-state index is 4.85. The fraction of sp³-hybridized carbons (Fsp3) is 0.556. The molecule has 1 aliphatic heterocycles. The van der Waals surface area contributed by atoms with Crippen LogP contribution in [0, 0.1) is 0 Å². The molecule has 3 aromatic heterocycles. The van der Waals surface area contributed by atoms with Crippen molar-refractivity contribution in [3.63, 3.8) is 0 Å². The first-order valence-corrected chi connectivity index (χ1v) is 9.24. The molecule has 0 atom stereocenters. The number of hydrogen-bond donors (Lipinski definition) is 1. The molecule has 7 heteroatoms. The minimum Gasteiger partial charge on any atom is -0.351 e. The molecule has 1 saturated carbocycles. The van der Waals surface area contributed by atoms with Gasteiger partial charge in [0.15, 0.2) is 5.65 Å². The van der Waals surface area contributed by atoms with Crippen LogP contribution in [0.3, 0.4) is 0 Å². The number of hydrogen-bond acceptors (Lipinski definition) is 5. The van der Waals surface area contributed by atoms with Crippen molar-refractivity contribution in [1.29, 1.82) is 0 Å². The number of aromatic nitrogens is 6. The van der Waals surface area contributed by atoms with E-state index in [-0.39, 0.29) is 0 Å².